The van der Waals surface area contributed by atoms with Crippen molar-refractivity contribution in [2.75, 3.05) is 7.11 Å². The molecule has 4 nitrogen and oxygen atoms in total. The average Bonchev–Trinajstić information content (AvgIpc) is 2.98. The van der Waals surface area contributed by atoms with Crippen LogP contribution in [-0.2, 0) is 22.1 Å². The molecule has 0 aliphatic carbocycles. The summed E-state index contributed by atoms with van der Waals surface area (Å²) >= 11 is 1.01. The lowest BCUT2D eigenvalue weighted by Gasteiger charge is -2.11. The van der Waals surface area contributed by atoms with Gasteiger partial charge in [-0.2, -0.15) is 13.2 Å². The number of para-hydroxylation sites is 1. The summed E-state index contributed by atoms with van der Waals surface area (Å²) < 4.78 is 56.7. The third-order valence-electron chi connectivity index (χ3n) is 4.20. The Morgan fingerprint density at radius 3 is 2.41 bits per heavy atom. The maximum atomic E-state index is 13.9. The van der Waals surface area contributed by atoms with Crippen LogP contribution in [0.2, 0.25) is 0 Å². The number of nitrogens with zero attached hydrogens (tertiary/aromatic N) is 1. The van der Waals surface area contributed by atoms with Crippen molar-refractivity contribution in [3.05, 3.63) is 76.8 Å². The van der Waals surface area contributed by atoms with E-state index in [1.54, 1.807) is 6.07 Å². The molecule has 152 valence electrons. The van der Waals surface area contributed by atoms with E-state index in [4.69, 9.17) is 0 Å². The molecule has 1 heterocycles. The quantitative estimate of drug-likeness (QED) is 0.539. The van der Waals surface area contributed by atoms with Crippen molar-refractivity contribution in [3.63, 3.8) is 0 Å². The van der Waals surface area contributed by atoms with E-state index in [0.717, 1.165) is 31.0 Å². The van der Waals surface area contributed by atoms with Crippen molar-refractivity contribution < 1.29 is 32.2 Å². The van der Waals surface area contributed by atoms with Crippen LogP contribution < -0.4 is 0 Å². The van der Waals surface area contributed by atoms with Gasteiger partial charge in [-0.25, -0.2) is 14.2 Å². The van der Waals surface area contributed by atoms with E-state index in [1.165, 1.54) is 30.3 Å². The van der Waals surface area contributed by atoms with E-state index < -0.39 is 28.8 Å². The molecular weight excluding hydrogens is 410 g/mol. The van der Waals surface area contributed by atoms with Crippen LogP contribution in [0, 0.1) is 5.82 Å². The molecule has 0 saturated heterocycles. The summed E-state index contributed by atoms with van der Waals surface area (Å²) in [5.41, 5.74) is -0.451. The highest BCUT2D eigenvalue weighted by Gasteiger charge is 2.37. The molecule has 1 atom stereocenters. The molecule has 29 heavy (non-hydrogen) atoms. The monoisotopic (exact) mass is 425 g/mol. The molecule has 0 unspecified atom stereocenters. The third kappa shape index (κ3) is 4.61. The van der Waals surface area contributed by atoms with Gasteiger partial charge in [0.1, 0.15) is 27.9 Å². The number of ether oxygens (including phenoxy) is 1. The van der Waals surface area contributed by atoms with Gasteiger partial charge in [-0.15, -0.1) is 0 Å². The third-order valence-corrected chi connectivity index (χ3v) is 5.39. The maximum Gasteiger partial charge on any atom is 0.416 e. The maximum absolute atomic E-state index is 13.9. The van der Waals surface area contributed by atoms with E-state index in [2.05, 4.69) is 9.73 Å². The van der Waals surface area contributed by atoms with Crippen LogP contribution in [0.25, 0.3) is 0 Å². The van der Waals surface area contributed by atoms with Crippen molar-refractivity contribution in [3.8, 4) is 0 Å². The first-order valence-corrected chi connectivity index (χ1v) is 9.26. The number of hydrogen-bond acceptors (Lipinski definition) is 5. The summed E-state index contributed by atoms with van der Waals surface area (Å²) in [6.45, 7) is 0. The molecule has 0 radical (unpaired) electrons. The first kappa shape index (κ1) is 20.9. The highest BCUT2D eigenvalue weighted by atomic mass is 32.2. The highest BCUT2D eigenvalue weighted by molar-refractivity contribution is 8.15. The van der Waals surface area contributed by atoms with Gasteiger partial charge in [-0.3, -0.25) is 0 Å². The van der Waals surface area contributed by atoms with Gasteiger partial charge >= 0.3 is 12.1 Å². The average molecular weight is 425 g/mol. The van der Waals surface area contributed by atoms with Crippen molar-refractivity contribution >= 4 is 28.5 Å². The molecule has 2 aromatic carbocycles. The highest BCUT2D eigenvalue weighted by Crippen LogP contribution is 2.38. The van der Waals surface area contributed by atoms with Gasteiger partial charge in [-0.1, -0.05) is 36.0 Å². The molecule has 1 N–H and O–H groups in total. The summed E-state index contributed by atoms with van der Waals surface area (Å²) in [5.74, 6) is -1.74. The lowest BCUT2D eigenvalue weighted by Crippen LogP contribution is -2.12. The molecular formula is C20H15F4NO3S. The minimum atomic E-state index is -4.44. The standard InChI is InChI=1S/C20H15F4NO3S/c1-28-19(27)16-17(26)15(10-11-6-8-12(9-7-11)20(22,23)24)29-18(16)25-14-5-3-2-4-13(14)21/h2-9,15,26H,10H2,1H3/t15-/m0/s1. The largest absolute Gasteiger partial charge is 0.510 e. The van der Waals surface area contributed by atoms with Gasteiger partial charge in [0.05, 0.1) is 17.9 Å². The van der Waals surface area contributed by atoms with E-state index in [0.29, 0.717) is 5.56 Å². The van der Waals surface area contributed by atoms with Gasteiger partial charge in [0.2, 0.25) is 0 Å². The summed E-state index contributed by atoms with van der Waals surface area (Å²) in [6, 6.07) is 10.2. The number of benzene rings is 2. The van der Waals surface area contributed by atoms with Gasteiger partial charge in [-0.05, 0) is 36.2 Å². The van der Waals surface area contributed by atoms with E-state index >= 15 is 0 Å². The number of aliphatic hydroxyl groups is 1. The van der Waals surface area contributed by atoms with E-state index in [-0.39, 0.29) is 28.5 Å². The molecule has 0 spiro atoms. The number of carbonyl (C=O) groups is 1. The number of aliphatic hydroxyl groups excluding tert-OH is 1. The molecule has 2 aromatic rings. The molecule has 0 aromatic heterocycles. The lowest BCUT2D eigenvalue weighted by molar-refractivity contribution is -0.137. The Hall–Kier alpha value is -2.81. The molecule has 1 aliphatic rings. The van der Waals surface area contributed by atoms with Crippen molar-refractivity contribution in [1.82, 2.24) is 0 Å². The minimum absolute atomic E-state index is 0.0145. The Labute approximate surface area is 167 Å². The molecule has 0 saturated carbocycles. The number of thioether (sulfide) groups is 1. The zero-order valence-corrected chi connectivity index (χ0v) is 15.9. The summed E-state index contributed by atoms with van der Waals surface area (Å²) in [7, 11) is 1.14. The van der Waals surface area contributed by atoms with Crippen LogP contribution in [0.4, 0.5) is 23.2 Å². The van der Waals surface area contributed by atoms with Crippen LogP contribution in [0.5, 0.6) is 0 Å². The smallest absolute Gasteiger partial charge is 0.416 e. The Kier molecular flexibility index (Phi) is 5.97. The normalized spacial score (nSPS) is 18.4. The lowest BCUT2D eigenvalue weighted by atomic mass is 10.0. The zero-order valence-electron chi connectivity index (χ0n) is 15.0. The molecule has 3 rings (SSSR count). The van der Waals surface area contributed by atoms with Crippen LogP contribution >= 0.6 is 11.8 Å². The number of methoxy groups -OCH3 is 1. The van der Waals surface area contributed by atoms with Crippen LogP contribution in [0.15, 0.2) is 64.9 Å². The first-order chi connectivity index (χ1) is 13.7. The van der Waals surface area contributed by atoms with Gasteiger partial charge in [0.15, 0.2) is 0 Å². The molecule has 9 heteroatoms. The molecule has 0 fully saturated rings. The van der Waals surface area contributed by atoms with Crippen LogP contribution in [-0.4, -0.2) is 28.5 Å². The molecule has 0 bridgehead atoms. The second-order valence-corrected chi connectivity index (χ2v) is 7.32. The van der Waals surface area contributed by atoms with E-state index in [9.17, 15) is 27.5 Å². The topological polar surface area (TPSA) is 58.9 Å². The predicted octanol–water partition coefficient (Wildman–Crippen LogP) is 5.22. The van der Waals surface area contributed by atoms with Gasteiger partial charge in [0.25, 0.3) is 0 Å². The molecule has 0 amide bonds. The Morgan fingerprint density at radius 1 is 1.17 bits per heavy atom. The molecule has 1 aliphatic heterocycles. The fraction of sp³-hybridized carbons (Fsp3) is 0.200. The zero-order chi connectivity index (χ0) is 21.2. The van der Waals surface area contributed by atoms with Gasteiger partial charge in [0, 0.05) is 0 Å². The summed E-state index contributed by atoms with van der Waals surface area (Å²) in [4.78, 5) is 16.2. The fourth-order valence-electron chi connectivity index (χ4n) is 2.73. The van der Waals surface area contributed by atoms with E-state index in [1.807, 2.05) is 0 Å². The fourth-order valence-corrected chi connectivity index (χ4v) is 3.96. The van der Waals surface area contributed by atoms with Crippen molar-refractivity contribution in [1.29, 1.82) is 0 Å². The minimum Gasteiger partial charge on any atom is -0.510 e. The number of hydrogen-bond donors (Lipinski definition) is 1. The summed E-state index contributed by atoms with van der Waals surface area (Å²) in [5, 5.41) is 9.92. The number of halogens is 4. The van der Waals surface area contributed by atoms with Crippen molar-refractivity contribution in [2.45, 2.75) is 17.8 Å². The predicted molar refractivity (Wildman–Crippen MR) is 102 cm³/mol. The summed E-state index contributed by atoms with van der Waals surface area (Å²) in [6.07, 6.45) is -4.30. The van der Waals surface area contributed by atoms with Crippen LogP contribution in [0.3, 0.4) is 0 Å². The second-order valence-electron chi connectivity index (χ2n) is 6.13. The van der Waals surface area contributed by atoms with Crippen molar-refractivity contribution in [2.24, 2.45) is 4.99 Å². The van der Waals surface area contributed by atoms with Gasteiger partial charge < -0.3 is 9.84 Å². The SMILES string of the molecule is COC(=O)C1=C(O)[C@H](Cc2ccc(C(F)(F)F)cc2)SC1=Nc1ccccc1F. The second kappa shape index (κ2) is 8.28. The Morgan fingerprint density at radius 2 is 1.83 bits per heavy atom. The first-order valence-electron chi connectivity index (χ1n) is 8.38. The number of rotatable bonds is 4. The number of alkyl halides is 3. The number of aliphatic imine (C=N–C) groups is 1. The Bertz CT molecular complexity index is 984. The Balaban J connectivity index is 1.90. The number of esters is 1. The van der Waals surface area contributed by atoms with Crippen LogP contribution in [0.1, 0.15) is 11.1 Å². The number of carbonyl (C=O) groups excluding carboxylic acids is 1.